The van der Waals surface area contributed by atoms with Gasteiger partial charge in [-0.05, 0) is 89.0 Å². The monoisotopic (exact) mass is 770 g/mol. The number of nitrogens with two attached hydrogens (primary N) is 1. The molecule has 0 saturated heterocycles. The van der Waals surface area contributed by atoms with Crippen LogP contribution in [0.1, 0.15) is 49.3 Å². The molecule has 3 amide bonds. The molecule has 0 fully saturated rings. The van der Waals surface area contributed by atoms with Gasteiger partial charge in [-0.25, -0.2) is 4.79 Å². The van der Waals surface area contributed by atoms with E-state index in [1.54, 1.807) is 14.2 Å². The Balaban J connectivity index is 1.52. The smallest absolute Gasteiger partial charge is 0.329 e. The van der Waals surface area contributed by atoms with Gasteiger partial charge in [0.1, 0.15) is 36.2 Å². The highest BCUT2D eigenvalue weighted by Crippen LogP contribution is 2.48. The van der Waals surface area contributed by atoms with Gasteiger partial charge in [-0.2, -0.15) is 0 Å². The predicted octanol–water partition coefficient (Wildman–Crippen LogP) is 6.07. The van der Waals surface area contributed by atoms with Crippen molar-refractivity contribution < 1.29 is 33.4 Å². The van der Waals surface area contributed by atoms with E-state index in [0.29, 0.717) is 42.9 Å². The predicted molar refractivity (Wildman–Crippen MR) is 222 cm³/mol. The van der Waals surface area contributed by atoms with E-state index in [1.807, 2.05) is 97.1 Å². The number of carbonyl (C=O) groups excluding carboxylic acids is 4. The summed E-state index contributed by atoms with van der Waals surface area (Å²) in [4.78, 5) is 54.7. The Morgan fingerprint density at radius 3 is 2.02 bits per heavy atom. The molecule has 11 heteroatoms. The SMILES string of the molecule is COc1c2cc3ccccc3c1-c1c(OC)c(cc3ccccc13)CC(NC(C)=O)C(=O)N[C@H](CCCCN)C(=O)N[C@@H](C(=O)OCc1ccccc1)C/C=C\C2. The number of rotatable bonds is 10. The number of fused-ring (bicyclic) bond motifs is 9. The molecule has 1 heterocycles. The molecule has 4 bridgehead atoms. The molecule has 1 aliphatic rings. The maximum Gasteiger partial charge on any atom is 0.329 e. The number of allylic oxidation sites excluding steroid dienone is 1. The molecule has 0 spiro atoms. The number of nitrogens with one attached hydrogen (secondary N) is 3. The highest BCUT2D eigenvalue weighted by molar-refractivity contribution is 6.11. The van der Waals surface area contributed by atoms with E-state index < -0.39 is 41.8 Å². The Morgan fingerprint density at radius 2 is 1.39 bits per heavy atom. The van der Waals surface area contributed by atoms with Crippen molar-refractivity contribution in [1.82, 2.24) is 16.0 Å². The van der Waals surface area contributed by atoms with Crippen LogP contribution in [0.15, 0.2) is 103 Å². The second-order valence-electron chi connectivity index (χ2n) is 14.2. The summed E-state index contributed by atoms with van der Waals surface area (Å²) in [6.45, 7) is 1.78. The Kier molecular flexibility index (Phi) is 13.6. The van der Waals surface area contributed by atoms with E-state index in [9.17, 15) is 19.2 Å². The number of ether oxygens (including phenoxy) is 3. The van der Waals surface area contributed by atoms with E-state index in [1.165, 1.54) is 6.92 Å². The number of carbonyl (C=O) groups is 4. The molecule has 1 unspecified atom stereocenters. The third kappa shape index (κ3) is 9.61. The van der Waals surface area contributed by atoms with E-state index in [2.05, 4.69) is 22.0 Å². The van der Waals surface area contributed by atoms with Crippen molar-refractivity contribution in [3.05, 3.63) is 120 Å². The zero-order chi connectivity index (χ0) is 40.3. The first kappa shape index (κ1) is 40.5. The summed E-state index contributed by atoms with van der Waals surface area (Å²) in [5.41, 5.74) is 9.77. The molecule has 3 atom stereocenters. The zero-order valence-corrected chi connectivity index (χ0v) is 32.6. The fourth-order valence-electron chi connectivity index (χ4n) is 7.51. The van der Waals surface area contributed by atoms with Crippen LogP contribution in [0.2, 0.25) is 0 Å². The van der Waals surface area contributed by atoms with Crippen LogP contribution in [-0.2, 0) is 43.4 Å². The van der Waals surface area contributed by atoms with Crippen molar-refractivity contribution in [3.8, 4) is 22.6 Å². The van der Waals surface area contributed by atoms with Gasteiger partial charge < -0.3 is 35.9 Å². The Bertz CT molecular complexity index is 2270. The summed E-state index contributed by atoms with van der Waals surface area (Å²) >= 11 is 0. The van der Waals surface area contributed by atoms with Crippen LogP contribution in [0, 0.1) is 0 Å². The van der Waals surface area contributed by atoms with Crippen LogP contribution < -0.4 is 31.2 Å². The van der Waals surface area contributed by atoms with Crippen molar-refractivity contribution in [2.24, 2.45) is 5.73 Å². The largest absolute Gasteiger partial charge is 0.496 e. The molecule has 11 nitrogen and oxygen atoms in total. The first-order valence-corrected chi connectivity index (χ1v) is 19.3. The number of amides is 3. The number of esters is 1. The normalized spacial score (nSPS) is 18.1. The molecule has 296 valence electrons. The molecular formula is C46H50N4O7. The lowest BCUT2D eigenvalue weighted by atomic mass is 9.87. The van der Waals surface area contributed by atoms with Gasteiger partial charge in [0, 0.05) is 24.5 Å². The van der Waals surface area contributed by atoms with Crippen LogP contribution in [0.5, 0.6) is 11.5 Å². The summed E-state index contributed by atoms with van der Waals surface area (Å²) < 4.78 is 18.2. The van der Waals surface area contributed by atoms with Gasteiger partial charge >= 0.3 is 5.97 Å². The van der Waals surface area contributed by atoms with Gasteiger partial charge in [-0.3, -0.25) is 14.4 Å². The Hall–Kier alpha value is -6.20. The second kappa shape index (κ2) is 19.1. The lowest BCUT2D eigenvalue weighted by molar-refractivity contribution is -0.149. The summed E-state index contributed by atoms with van der Waals surface area (Å²) in [7, 11) is 3.23. The maximum atomic E-state index is 14.3. The van der Waals surface area contributed by atoms with Gasteiger partial charge in [0.05, 0.1) is 14.2 Å². The molecule has 0 aliphatic carbocycles. The van der Waals surface area contributed by atoms with Crippen molar-refractivity contribution in [3.63, 3.8) is 0 Å². The van der Waals surface area contributed by atoms with Crippen LogP contribution in [0.4, 0.5) is 0 Å². The summed E-state index contributed by atoms with van der Waals surface area (Å²) in [5, 5.41) is 12.3. The maximum absolute atomic E-state index is 14.3. The lowest BCUT2D eigenvalue weighted by Crippen LogP contribution is -2.56. The minimum Gasteiger partial charge on any atom is -0.496 e. The number of hydrogen-bond acceptors (Lipinski definition) is 8. The molecule has 0 radical (unpaired) electrons. The number of methoxy groups -OCH3 is 2. The molecule has 5 N–H and O–H groups in total. The topological polar surface area (TPSA) is 158 Å². The number of unbranched alkanes of at least 4 members (excludes halogenated alkanes) is 1. The van der Waals surface area contributed by atoms with Gasteiger partial charge in [-0.15, -0.1) is 0 Å². The van der Waals surface area contributed by atoms with E-state index >= 15 is 0 Å². The van der Waals surface area contributed by atoms with Crippen LogP contribution >= 0.6 is 0 Å². The Morgan fingerprint density at radius 1 is 0.772 bits per heavy atom. The van der Waals surface area contributed by atoms with Crippen molar-refractivity contribution in [2.45, 2.75) is 70.2 Å². The minimum atomic E-state index is -1.09. The van der Waals surface area contributed by atoms with E-state index in [0.717, 1.165) is 43.8 Å². The fourth-order valence-corrected chi connectivity index (χ4v) is 7.51. The highest BCUT2D eigenvalue weighted by Gasteiger charge is 2.32. The average molecular weight is 771 g/mol. The second-order valence-corrected chi connectivity index (χ2v) is 14.2. The average Bonchev–Trinajstić information content (AvgIpc) is 3.22. The molecular weight excluding hydrogens is 721 g/mol. The Labute approximate surface area is 332 Å². The lowest BCUT2D eigenvalue weighted by Gasteiger charge is -2.26. The number of hydrogen-bond donors (Lipinski definition) is 4. The van der Waals surface area contributed by atoms with Crippen LogP contribution in [0.25, 0.3) is 32.7 Å². The quantitative estimate of drug-likeness (QED) is 0.0758. The molecule has 57 heavy (non-hydrogen) atoms. The standard InChI is InChI=1S/C46H50N4O7/c1-29(51)48-39-27-34-26-32-18-8-11-21-36(32)41(43(34)56-3)40-35-20-10-7-17-31(35)25-33(42(40)55-2)19-9-12-23-38(46(54)57-28-30-15-5-4-6-16-30)50-44(52)37(49-45(39)53)22-13-14-24-47/h4-12,15-18,20-21,25-26,37-39H,13-14,19,22-24,27-28,47H2,1-3H3,(H,48,51)(H,49,53)(H,50,52)/b12-9-/t37-,38-,39?/m1/s1. The summed E-state index contributed by atoms with van der Waals surface area (Å²) in [6.07, 6.45) is 5.83. The van der Waals surface area contributed by atoms with Gasteiger partial charge in [0.15, 0.2) is 0 Å². The summed E-state index contributed by atoms with van der Waals surface area (Å²) in [5.74, 6) is -0.979. The summed E-state index contributed by atoms with van der Waals surface area (Å²) in [6, 6.07) is 26.2. The van der Waals surface area contributed by atoms with E-state index in [4.69, 9.17) is 19.9 Å². The molecule has 5 aromatic rings. The molecule has 5 aromatic carbocycles. The van der Waals surface area contributed by atoms with Crippen molar-refractivity contribution in [1.29, 1.82) is 0 Å². The van der Waals surface area contributed by atoms with Gasteiger partial charge in [0.2, 0.25) is 17.7 Å². The van der Waals surface area contributed by atoms with Crippen LogP contribution in [0.3, 0.4) is 0 Å². The third-order valence-electron chi connectivity index (χ3n) is 10.2. The fraction of sp³-hybridized carbons (Fsp3) is 0.304. The third-order valence-corrected chi connectivity index (χ3v) is 10.2. The zero-order valence-electron chi connectivity index (χ0n) is 32.6. The molecule has 1 aliphatic heterocycles. The highest BCUT2D eigenvalue weighted by atomic mass is 16.5. The van der Waals surface area contributed by atoms with Crippen molar-refractivity contribution >= 4 is 45.2 Å². The minimum absolute atomic E-state index is 0.0280. The number of benzene rings is 5. The van der Waals surface area contributed by atoms with Gasteiger partial charge in [-0.1, -0.05) is 91.0 Å². The molecule has 6 rings (SSSR count). The first-order valence-electron chi connectivity index (χ1n) is 19.3. The molecule has 0 saturated carbocycles. The first-order chi connectivity index (χ1) is 27.7. The molecule has 0 aromatic heterocycles. The van der Waals surface area contributed by atoms with Crippen molar-refractivity contribution in [2.75, 3.05) is 20.8 Å². The van der Waals surface area contributed by atoms with E-state index in [-0.39, 0.29) is 25.9 Å². The van der Waals surface area contributed by atoms with Crippen LogP contribution in [-0.4, -0.2) is 62.6 Å². The van der Waals surface area contributed by atoms with Gasteiger partial charge in [0.25, 0.3) is 0 Å².